The first-order chi connectivity index (χ1) is 8.09. The van der Waals surface area contributed by atoms with Crippen LogP contribution in [0.4, 0.5) is 10.2 Å². The Kier molecular flexibility index (Phi) is 2.91. The molecule has 2 heterocycles. The van der Waals surface area contributed by atoms with Gasteiger partial charge in [-0.2, -0.15) is 0 Å². The van der Waals surface area contributed by atoms with E-state index in [2.05, 4.69) is 9.97 Å². The molecule has 2 aromatic rings. The van der Waals surface area contributed by atoms with Gasteiger partial charge in [0.2, 0.25) is 0 Å². The van der Waals surface area contributed by atoms with Crippen LogP contribution in [0.1, 0.15) is 16.7 Å². The highest BCUT2D eigenvalue weighted by molar-refractivity contribution is 5.41. The molecule has 0 fully saturated rings. The van der Waals surface area contributed by atoms with Crippen LogP contribution in [-0.2, 0) is 6.42 Å². The van der Waals surface area contributed by atoms with Gasteiger partial charge in [-0.1, -0.05) is 0 Å². The molecule has 5 heteroatoms. The van der Waals surface area contributed by atoms with Gasteiger partial charge in [0, 0.05) is 18.8 Å². The Hall–Kier alpha value is -2.17. The molecule has 0 aromatic carbocycles. The maximum atomic E-state index is 13.6. The first-order valence-electron chi connectivity index (χ1n) is 5.11. The number of nitrogens with zero attached hydrogens (tertiary/aromatic N) is 2. The van der Waals surface area contributed by atoms with Crippen molar-refractivity contribution < 1.29 is 9.50 Å². The van der Waals surface area contributed by atoms with Gasteiger partial charge in [-0.25, -0.2) is 9.37 Å². The van der Waals surface area contributed by atoms with E-state index in [4.69, 9.17) is 5.73 Å². The average molecular weight is 233 g/mol. The largest absolute Gasteiger partial charge is 0.506 e. The summed E-state index contributed by atoms with van der Waals surface area (Å²) in [5.74, 6) is -0.534. The van der Waals surface area contributed by atoms with E-state index in [1.54, 1.807) is 19.2 Å². The fourth-order valence-electron chi connectivity index (χ4n) is 1.58. The van der Waals surface area contributed by atoms with Crippen LogP contribution in [0.3, 0.4) is 0 Å². The molecular formula is C12H12FN3O. The lowest BCUT2D eigenvalue weighted by Gasteiger charge is -2.08. The summed E-state index contributed by atoms with van der Waals surface area (Å²) in [6, 6.07) is 1.56. The topological polar surface area (TPSA) is 72.0 Å². The number of nitrogens with two attached hydrogens (primary N) is 1. The Balaban J connectivity index is 2.38. The summed E-state index contributed by atoms with van der Waals surface area (Å²) in [5.41, 5.74) is 7.28. The predicted molar refractivity (Wildman–Crippen MR) is 62.1 cm³/mol. The quantitative estimate of drug-likeness (QED) is 0.829. The molecule has 0 saturated carbocycles. The van der Waals surface area contributed by atoms with Gasteiger partial charge in [0.25, 0.3) is 0 Å². The molecule has 0 aliphatic carbocycles. The van der Waals surface area contributed by atoms with Crippen molar-refractivity contribution in [3.05, 3.63) is 47.2 Å². The summed E-state index contributed by atoms with van der Waals surface area (Å²) < 4.78 is 13.6. The Bertz CT molecular complexity index is 508. The number of nitrogen functional groups attached to an aromatic ring is 1. The molecule has 0 saturated heterocycles. The Morgan fingerprint density at radius 2 is 2.12 bits per heavy atom. The standard InChI is InChI=1S/C12H12FN3O/c1-7-9(5-15-6-10(7)17)4-8-2-3-16-12(14)11(8)13/h2-3,5-6,17H,4H2,1H3,(H2,14,16). The van der Waals surface area contributed by atoms with E-state index in [0.717, 1.165) is 5.56 Å². The van der Waals surface area contributed by atoms with Crippen LogP contribution in [0.5, 0.6) is 5.75 Å². The fraction of sp³-hybridized carbons (Fsp3) is 0.167. The molecule has 0 aliphatic heterocycles. The fourth-order valence-corrected chi connectivity index (χ4v) is 1.58. The van der Waals surface area contributed by atoms with Crippen molar-refractivity contribution in [2.24, 2.45) is 0 Å². The summed E-state index contributed by atoms with van der Waals surface area (Å²) in [5, 5.41) is 9.51. The third-order valence-electron chi connectivity index (χ3n) is 2.67. The molecule has 0 atom stereocenters. The van der Waals surface area contributed by atoms with Crippen LogP contribution in [0.15, 0.2) is 24.7 Å². The maximum absolute atomic E-state index is 13.6. The zero-order valence-corrected chi connectivity index (χ0v) is 9.31. The molecule has 0 amide bonds. The SMILES string of the molecule is Cc1c(O)cncc1Cc1ccnc(N)c1F. The van der Waals surface area contributed by atoms with Crippen LogP contribution in [0, 0.1) is 12.7 Å². The molecule has 17 heavy (non-hydrogen) atoms. The highest BCUT2D eigenvalue weighted by atomic mass is 19.1. The number of pyridine rings is 2. The van der Waals surface area contributed by atoms with Crippen LogP contribution in [0.25, 0.3) is 0 Å². The lowest BCUT2D eigenvalue weighted by Crippen LogP contribution is -2.01. The van der Waals surface area contributed by atoms with Gasteiger partial charge in [-0.05, 0) is 29.7 Å². The third-order valence-corrected chi connectivity index (χ3v) is 2.67. The summed E-state index contributed by atoms with van der Waals surface area (Å²) >= 11 is 0. The summed E-state index contributed by atoms with van der Waals surface area (Å²) in [6.07, 6.45) is 4.74. The zero-order chi connectivity index (χ0) is 12.4. The van der Waals surface area contributed by atoms with Crippen LogP contribution in [0.2, 0.25) is 0 Å². The van der Waals surface area contributed by atoms with Gasteiger partial charge >= 0.3 is 0 Å². The lowest BCUT2D eigenvalue weighted by molar-refractivity contribution is 0.467. The summed E-state index contributed by atoms with van der Waals surface area (Å²) in [4.78, 5) is 7.53. The van der Waals surface area contributed by atoms with Gasteiger partial charge in [-0.3, -0.25) is 4.98 Å². The molecular weight excluding hydrogens is 221 g/mol. The van der Waals surface area contributed by atoms with Gasteiger partial charge in [0.05, 0.1) is 6.20 Å². The van der Waals surface area contributed by atoms with Crippen molar-refractivity contribution >= 4 is 5.82 Å². The third kappa shape index (κ3) is 2.18. The number of hydrogen-bond acceptors (Lipinski definition) is 4. The van der Waals surface area contributed by atoms with Crippen molar-refractivity contribution in [2.75, 3.05) is 5.73 Å². The van der Waals surface area contributed by atoms with E-state index in [1.807, 2.05) is 0 Å². The van der Waals surface area contributed by atoms with Crippen molar-refractivity contribution in [3.63, 3.8) is 0 Å². The Morgan fingerprint density at radius 3 is 2.88 bits per heavy atom. The zero-order valence-electron chi connectivity index (χ0n) is 9.31. The van der Waals surface area contributed by atoms with Gasteiger partial charge < -0.3 is 10.8 Å². The van der Waals surface area contributed by atoms with Crippen LogP contribution >= 0.6 is 0 Å². The summed E-state index contributed by atoms with van der Waals surface area (Å²) in [7, 11) is 0. The number of anilines is 1. The van der Waals surface area contributed by atoms with Crippen molar-refractivity contribution in [3.8, 4) is 5.75 Å². The van der Waals surface area contributed by atoms with Gasteiger partial charge in [-0.15, -0.1) is 0 Å². The first-order valence-corrected chi connectivity index (χ1v) is 5.11. The molecule has 0 aliphatic rings. The van der Waals surface area contributed by atoms with Gasteiger partial charge in [0.1, 0.15) is 5.75 Å². The molecule has 4 nitrogen and oxygen atoms in total. The van der Waals surface area contributed by atoms with E-state index in [-0.39, 0.29) is 11.6 Å². The highest BCUT2D eigenvalue weighted by Gasteiger charge is 2.10. The molecule has 88 valence electrons. The number of aromatic hydroxyl groups is 1. The average Bonchev–Trinajstić information content (AvgIpc) is 2.31. The second kappa shape index (κ2) is 4.37. The minimum absolute atomic E-state index is 0.102. The number of halogens is 1. The minimum Gasteiger partial charge on any atom is -0.506 e. The van der Waals surface area contributed by atoms with E-state index >= 15 is 0 Å². The smallest absolute Gasteiger partial charge is 0.168 e. The molecule has 0 radical (unpaired) electrons. The molecule has 0 unspecified atom stereocenters. The number of rotatable bonds is 2. The van der Waals surface area contributed by atoms with E-state index in [0.29, 0.717) is 17.5 Å². The van der Waals surface area contributed by atoms with Gasteiger partial charge in [0.15, 0.2) is 11.6 Å². The molecule has 0 spiro atoms. The van der Waals surface area contributed by atoms with Crippen LogP contribution < -0.4 is 5.73 Å². The highest BCUT2D eigenvalue weighted by Crippen LogP contribution is 2.22. The number of aromatic nitrogens is 2. The first kappa shape index (κ1) is 11.3. The second-order valence-electron chi connectivity index (χ2n) is 3.79. The molecule has 2 rings (SSSR count). The summed E-state index contributed by atoms with van der Waals surface area (Å²) in [6.45, 7) is 1.76. The maximum Gasteiger partial charge on any atom is 0.168 e. The van der Waals surface area contributed by atoms with E-state index in [1.165, 1.54) is 12.4 Å². The molecule has 0 bridgehead atoms. The van der Waals surface area contributed by atoms with Crippen molar-refractivity contribution in [1.29, 1.82) is 0 Å². The second-order valence-corrected chi connectivity index (χ2v) is 3.79. The number of hydrogen-bond donors (Lipinski definition) is 2. The molecule has 2 aromatic heterocycles. The lowest BCUT2D eigenvalue weighted by atomic mass is 10.0. The van der Waals surface area contributed by atoms with Crippen LogP contribution in [-0.4, -0.2) is 15.1 Å². The van der Waals surface area contributed by atoms with Crippen molar-refractivity contribution in [2.45, 2.75) is 13.3 Å². The minimum atomic E-state index is -0.518. The van der Waals surface area contributed by atoms with E-state index < -0.39 is 5.82 Å². The normalized spacial score (nSPS) is 10.5. The monoisotopic (exact) mass is 233 g/mol. The Labute approximate surface area is 98.0 Å². The molecule has 3 N–H and O–H groups in total. The Morgan fingerprint density at radius 1 is 1.35 bits per heavy atom. The van der Waals surface area contributed by atoms with Crippen molar-refractivity contribution in [1.82, 2.24) is 9.97 Å². The predicted octanol–water partition coefficient (Wildman–Crippen LogP) is 1.80. The van der Waals surface area contributed by atoms with E-state index in [9.17, 15) is 9.50 Å².